The Bertz CT molecular complexity index is 775. The Morgan fingerprint density at radius 2 is 1.64 bits per heavy atom. The third-order valence-corrected chi connectivity index (χ3v) is 6.48. The van der Waals surface area contributed by atoms with Crippen LogP contribution in [0.15, 0.2) is 24.3 Å². The summed E-state index contributed by atoms with van der Waals surface area (Å²) >= 11 is 0. The summed E-state index contributed by atoms with van der Waals surface area (Å²) in [4.78, 5) is 42.0. The molecule has 1 aromatic rings. The molecule has 0 spiro atoms. The SMILES string of the molecule is CCCCCCCC(=O)N1CCN(C(=O)C(NC(=O)Nc2cccc(C)c2)C(C)CC)CC1. The van der Waals surface area contributed by atoms with E-state index < -0.39 is 6.04 Å². The number of piperazine rings is 1. The molecule has 7 heteroatoms. The van der Waals surface area contributed by atoms with Crippen LogP contribution in [0.4, 0.5) is 10.5 Å². The number of hydrogen-bond acceptors (Lipinski definition) is 3. The van der Waals surface area contributed by atoms with Crippen molar-refractivity contribution >= 4 is 23.5 Å². The van der Waals surface area contributed by atoms with Gasteiger partial charge in [0.15, 0.2) is 0 Å². The molecule has 1 saturated heterocycles. The van der Waals surface area contributed by atoms with Crippen molar-refractivity contribution in [1.29, 1.82) is 0 Å². The molecule has 4 amide bonds. The van der Waals surface area contributed by atoms with Crippen LogP contribution in [0.25, 0.3) is 0 Å². The van der Waals surface area contributed by atoms with E-state index in [0.717, 1.165) is 24.8 Å². The Morgan fingerprint density at radius 3 is 2.27 bits per heavy atom. The lowest BCUT2D eigenvalue weighted by molar-refractivity contribution is -0.141. The zero-order valence-corrected chi connectivity index (χ0v) is 20.9. The maximum atomic E-state index is 13.3. The Labute approximate surface area is 199 Å². The molecule has 2 N–H and O–H groups in total. The van der Waals surface area contributed by atoms with Crippen LogP contribution < -0.4 is 10.6 Å². The normalized spacial score (nSPS) is 15.6. The number of unbranched alkanes of at least 4 members (excludes halogenated alkanes) is 4. The number of rotatable bonds is 11. The van der Waals surface area contributed by atoms with Gasteiger partial charge in [-0.25, -0.2) is 4.79 Å². The molecule has 2 atom stereocenters. The lowest BCUT2D eigenvalue weighted by Crippen LogP contribution is -2.57. The third-order valence-electron chi connectivity index (χ3n) is 6.48. The molecule has 0 radical (unpaired) electrons. The second kappa shape index (κ2) is 13.9. The van der Waals surface area contributed by atoms with Gasteiger partial charge in [-0.1, -0.05) is 65.0 Å². The monoisotopic (exact) mass is 458 g/mol. The van der Waals surface area contributed by atoms with Crippen LogP contribution in [0.3, 0.4) is 0 Å². The number of hydrogen-bond donors (Lipinski definition) is 2. The molecule has 2 unspecified atom stereocenters. The number of nitrogens with one attached hydrogen (secondary N) is 2. The van der Waals surface area contributed by atoms with Crippen molar-refractivity contribution in [3.63, 3.8) is 0 Å². The summed E-state index contributed by atoms with van der Waals surface area (Å²) < 4.78 is 0. The van der Waals surface area contributed by atoms with E-state index >= 15 is 0 Å². The van der Waals surface area contributed by atoms with E-state index in [-0.39, 0.29) is 23.8 Å². The second-order valence-electron chi connectivity index (χ2n) is 9.20. The van der Waals surface area contributed by atoms with Gasteiger partial charge in [0, 0.05) is 38.3 Å². The van der Waals surface area contributed by atoms with Crippen LogP contribution in [-0.2, 0) is 9.59 Å². The molecule has 33 heavy (non-hydrogen) atoms. The summed E-state index contributed by atoms with van der Waals surface area (Å²) in [6, 6.07) is 6.59. The van der Waals surface area contributed by atoms with Crippen LogP contribution in [-0.4, -0.2) is 59.9 Å². The molecule has 0 bridgehead atoms. The molecule has 1 aliphatic rings. The fraction of sp³-hybridized carbons (Fsp3) is 0.654. The minimum Gasteiger partial charge on any atom is -0.339 e. The summed E-state index contributed by atoms with van der Waals surface area (Å²) in [5.41, 5.74) is 1.75. The van der Waals surface area contributed by atoms with Crippen molar-refractivity contribution in [2.45, 2.75) is 78.7 Å². The van der Waals surface area contributed by atoms with Gasteiger partial charge in [-0.05, 0) is 37.0 Å². The topological polar surface area (TPSA) is 81.8 Å². The van der Waals surface area contributed by atoms with Crippen molar-refractivity contribution in [2.75, 3.05) is 31.5 Å². The number of aryl methyl sites for hydroxylation is 1. The van der Waals surface area contributed by atoms with Gasteiger partial charge < -0.3 is 20.4 Å². The van der Waals surface area contributed by atoms with Gasteiger partial charge in [0.25, 0.3) is 0 Å². The van der Waals surface area contributed by atoms with Crippen LogP contribution >= 0.6 is 0 Å². The number of urea groups is 1. The summed E-state index contributed by atoms with van der Waals surface area (Å²) in [5, 5.41) is 5.72. The van der Waals surface area contributed by atoms with Gasteiger partial charge >= 0.3 is 6.03 Å². The van der Waals surface area contributed by atoms with Gasteiger partial charge in [-0.3, -0.25) is 9.59 Å². The van der Waals surface area contributed by atoms with E-state index in [1.54, 1.807) is 4.90 Å². The van der Waals surface area contributed by atoms with Gasteiger partial charge in [0.1, 0.15) is 6.04 Å². The molecular weight excluding hydrogens is 416 g/mol. The summed E-state index contributed by atoms with van der Waals surface area (Å²) in [5.74, 6) is 0.117. The van der Waals surface area contributed by atoms with Crippen LogP contribution in [0.1, 0.15) is 71.3 Å². The third kappa shape index (κ3) is 8.71. The largest absolute Gasteiger partial charge is 0.339 e. The molecule has 184 valence electrons. The molecule has 0 aromatic heterocycles. The average Bonchev–Trinajstić information content (AvgIpc) is 2.81. The Hall–Kier alpha value is -2.57. The van der Waals surface area contributed by atoms with E-state index in [2.05, 4.69) is 17.6 Å². The van der Waals surface area contributed by atoms with E-state index in [4.69, 9.17) is 0 Å². The van der Waals surface area contributed by atoms with Gasteiger partial charge in [-0.15, -0.1) is 0 Å². The number of carbonyl (C=O) groups excluding carboxylic acids is 3. The molecule has 1 aliphatic heterocycles. The number of nitrogens with zero attached hydrogens (tertiary/aromatic N) is 2. The predicted octanol–water partition coefficient (Wildman–Crippen LogP) is 4.56. The molecule has 1 aromatic carbocycles. The van der Waals surface area contributed by atoms with Gasteiger partial charge in [0.2, 0.25) is 11.8 Å². The number of anilines is 1. The second-order valence-corrected chi connectivity index (χ2v) is 9.20. The fourth-order valence-corrected chi connectivity index (χ4v) is 4.13. The van der Waals surface area contributed by atoms with E-state index in [9.17, 15) is 14.4 Å². The first-order chi connectivity index (χ1) is 15.8. The first-order valence-electron chi connectivity index (χ1n) is 12.6. The maximum absolute atomic E-state index is 13.3. The van der Waals surface area contributed by atoms with E-state index in [1.807, 2.05) is 49.9 Å². The number of amides is 4. The van der Waals surface area contributed by atoms with Gasteiger partial charge in [0.05, 0.1) is 0 Å². The molecular formula is C26H42N4O3. The highest BCUT2D eigenvalue weighted by Gasteiger charge is 2.32. The van der Waals surface area contributed by atoms with Crippen molar-refractivity contribution in [2.24, 2.45) is 5.92 Å². The van der Waals surface area contributed by atoms with Gasteiger partial charge in [-0.2, -0.15) is 0 Å². The van der Waals surface area contributed by atoms with Crippen molar-refractivity contribution in [3.8, 4) is 0 Å². The smallest absolute Gasteiger partial charge is 0.319 e. The first kappa shape index (κ1) is 26.7. The zero-order valence-electron chi connectivity index (χ0n) is 20.9. The highest BCUT2D eigenvalue weighted by molar-refractivity contribution is 5.94. The lowest BCUT2D eigenvalue weighted by Gasteiger charge is -2.37. The predicted molar refractivity (Wildman–Crippen MR) is 133 cm³/mol. The summed E-state index contributed by atoms with van der Waals surface area (Å²) in [6.07, 6.45) is 7.02. The molecule has 2 rings (SSSR count). The molecule has 1 heterocycles. The molecule has 1 fully saturated rings. The van der Waals surface area contributed by atoms with Crippen LogP contribution in [0.2, 0.25) is 0 Å². The molecule has 7 nitrogen and oxygen atoms in total. The summed E-state index contributed by atoms with van der Waals surface area (Å²) in [7, 11) is 0. The van der Waals surface area contributed by atoms with Crippen LogP contribution in [0, 0.1) is 12.8 Å². The average molecular weight is 459 g/mol. The minimum absolute atomic E-state index is 0.00328. The molecule has 0 aliphatic carbocycles. The maximum Gasteiger partial charge on any atom is 0.319 e. The first-order valence-corrected chi connectivity index (χ1v) is 12.6. The van der Waals surface area contributed by atoms with Crippen LogP contribution in [0.5, 0.6) is 0 Å². The lowest BCUT2D eigenvalue weighted by atomic mass is 9.97. The van der Waals surface area contributed by atoms with E-state index in [1.165, 1.54) is 19.3 Å². The quantitative estimate of drug-likeness (QED) is 0.477. The van der Waals surface area contributed by atoms with Crippen molar-refractivity contribution in [1.82, 2.24) is 15.1 Å². The Morgan fingerprint density at radius 1 is 0.970 bits per heavy atom. The van der Waals surface area contributed by atoms with Crippen molar-refractivity contribution < 1.29 is 14.4 Å². The van der Waals surface area contributed by atoms with Crippen molar-refractivity contribution in [3.05, 3.63) is 29.8 Å². The van der Waals surface area contributed by atoms with E-state index in [0.29, 0.717) is 38.3 Å². The highest BCUT2D eigenvalue weighted by Crippen LogP contribution is 2.15. The minimum atomic E-state index is -0.597. The Kier molecular flexibility index (Phi) is 11.2. The zero-order chi connectivity index (χ0) is 24.2. The summed E-state index contributed by atoms with van der Waals surface area (Å²) in [6.45, 7) is 10.3. The fourth-order valence-electron chi connectivity index (χ4n) is 4.13. The molecule has 0 saturated carbocycles. The standard InChI is InChI=1S/C26H42N4O3/c1-5-7-8-9-10-14-23(31)29-15-17-30(18-16-29)25(32)24(21(4)6-2)28-26(33)27-22-13-11-12-20(3)19-22/h11-13,19,21,24H,5-10,14-18H2,1-4H3,(H2,27,28,33). The Balaban J connectivity index is 1.86. The number of carbonyl (C=O) groups is 3. The highest BCUT2D eigenvalue weighted by atomic mass is 16.2. The number of benzene rings is 1.